The van der Waals surface area contributed by atoms with Gasteiger partial charge in [0.15, 0.2) is 0 Å². The van der Waals surface area contributed by atoms with Crippen LogP contribution in [0.2, 0.25) is 0 Å². The molecule has 1 aliphatic rings. The summed E-state index contributed by atoms with van der Waals surface area (Å²) in [5.41, 5.74) is 3.34. The molecular formula is C17H16N2O2S3. The summed E-state index contributed by atoms with van der Waals surface area (Å²) in [6.45, 7) is 2.97. The third-order valence-corrected chi connectivity index (χ3v) is 8.43. The molecule has 4 nitrogen and oxygen atoms in total. The van der Waals surface area contributed by atoms with Crippen LogP contribution in [0.3, 0.4) is 0 Å². The molecule has 0 saturated heterocycles. The van der Waals surface area contributed by atoms with Crippen molar-refractivity contribution >= 4 is 32.7 Å². The summed E-state index contributed by atoms with van der Waals surface area (Å²) >= 11 is 2.86. The van der Waals surface area contributed by atoms with Gasteiger partial charge in [-0.05, 0) is 18.4 Å². The molecule has 0 N–H and O–H groups in total. The average Bonchev–Trinajstić information content (AvgIpc) is 3.24. The first-order valence-corrected chi connectivity index (χ1v) is 10.8. The first-order chi connectivity index (χ1) is 11.5. The minimum atomic E-state index is -3.39. The number of hydrogen-bond acceptors (Lipinski definition) is 5. The number of aryl methyl sites for hydroxylation is 1. The second kappa shape index (κ2) is 6.07. The number of aromatic nitrogens is 1. The predicted octanol–water partition coefficient (Wildman–Crippen LogP) is 3.93. The van der Waals surface area contributed by atoms with Crippen molar-refractivity contribution in [3.63, 3.8) is 0 Å². The van der Waals surface area contributed by atoms with E-state index in [0.29, 0.717) is 23.7 Å². The fraction of sp³-hybridized carbons (Fsp3) is 0.235. The van der Waals surface area contributed by atoms with Gasteiger partial charge in [0.25, 0.3) is 10.0 Å². The van der Waals surface area contributed by atoms with E-state index in [-0.39, 0.29) is 0 Å². The van der Waals surface area contributed by atoms with Crippen LogP contribution >= 0.6 is 22.7 Å². The normalized spacial score (nSPS) is 15.4. The molecule has 0 aliphatic carbocycles. The Kier molecular flexibility index (Phi) is 4.04. The SMILES string of the molecule is Cc1ccc(-c2nc3c(s2)CN(S(=O)(=O)c2cccs2)CC3)cc1. The highest BCUT2D eigenvalue weighted by Gasteiger charge is 2.31. The molecule has 0 radical (unpaired) electrons. The molecule has 124 valence electrons. The molecule has 3 heterocycles. The van der Waals surface area contributed by atoms with E-state index in [1.807, 2.05) is 0 Å². The van der Waals surface area contributed by atoms with Crippen LogP contribution in [-0.4, -0.2) is 24.3 Å². The summed E-state index contributed by atoms with van der Waals surface area (Å²) in [5, 5.41) is 2.76. The third kappa shape index (κ3) is 2.82. The predicted molar refractivity (Wildman–Crippen MR) is 97.9 cm³/mol. The Morgan fingerprint density at radius 2 is 1.96 bits per heavy atom. The highest BCUT2D eigenvalue weighted by Crippen LogP contribution is 2.34. The van der Waals surface area contributed by atoms with Crippen molar-refractivity contribution in [1.82, 2.24) is 9.29 Å². The van der Waals surface area contributed by atoms with Gasteiger partial charge in [-0.3, -0.25) is 0 Å². The standard InChI is InChI=1S/C17H16N2O2S3/c1-12-4-6-13(7-5-12)17-18-14-8-9-19(11-15(14)23-17)24(20,21)16-3-2-10-22-16/h2-7,10H,8-9,11H2,1H3. The van der Waals surface area contributed by atoms with Crippen molar-refractivity contribution in [2.75, 3.05) is 6.54 Å². The van der Waals surface area contributed by atoms with Gasteiger partial charge >= 0.3 is 0 Å². The quantitative estimate of drug-likeness (QED) is 0.696. The summed E-state index contributed by atoms with van der Waals surface area (Å²) in [4.78, 5) is 5.78. The number of fused-ring (bicyclic) bond motifs is 1. The van der Waals surface area contributed by atoms with Crippen molar-refractivity contribution < 1.29 is 8.42 Å². The monoisotopic (exact) mass is 376 g/mol. The maximum absolute atomic E-state index is 12.7. The number of benzene rings is 1. The van der Waals surface area contributed by atoms with Crippen LogP contribution in [0.4, 0.5) is 0 Å². The Morgan fingerprint density at radius 3 is 2.67 bits per heavy atom. The molecule has 4 rings (SSSR count). The second-order valence-corrected chi connectivity index (χ2v) is 9.97. The van der Waals surface area contributed by atoms with E-state index in [2.05, 4.69) is 31.2 Å². The first kappa shape index (κ1) is 16.0. The highest BCUT2D eigenvalue weighted by atomic mass is 32.2. The van der Waals surface area contributed by atoms with E-state index in [1.54, 1.807) is 33.2 Å². The Labute approximate surface area is 149 Å². The van der Waals surface area contributed by atoms with E-state index in [4.69, 9.17) is 4.98 Å². The molecule has 2 aromatic heterocycles. The summed E-state index contributed by atoms with van der Waals surface area (Å²) < 4.78 is 27.4. The molecule has 0 bridgehead atoms. The lowest BCUT2D eigenvalue weighted by Crippen LogP contribution is -2.35. The average molecular weight is 377 g/mol. The first-order valence-electron chi connectivity index (χ1n) is 7.63. The van der Waals surface area contributed by atoms with E-state index in [1.165, 1.54) is 16.9 Å². The molecule has 0 amide bonds. The molecule has 0 saturated carbocycles. The molecule has 1 aliphatic heterocycles. The van der Waals surface area contributed by atoms with E-state index in [0.717, 1.165) is 21.1 Å². The van der Waals surface area contributed by atoms with Gasteiger partial charge in [-0.2, -0.15) is 4.31 Å². The van der Waals surface area contributed by atoms with Gasteiger partial charge in [-0.1, -0.05) is 35.9 Å². The fourth-order valence-electron chi connectivity index (χ4n) is 2.73. The molecule has 1 aromatic carbocycles. The minimum Gasteiger partial charge on any atom is -0.241 e. The lowest BCUT2D eigenvalue weighted by atomic mass is 10.1. The van der Waals surface area contributed by atoms with Crippen LogP contribution in [0, 0.1) is 6.92 Å². The van der Waals surface area contributed by atoms with Gasteiger partial charge in [-0.25, -0.2) is 13.4 Å². The maximum atomic E-state index is 12.7. The molecule has 7 heteroatoms. The Hall–Kier alpha value is -1.54. The van der Waals surface area contributed by atoms with Gasteiger partial charge in [0.1, 0.15) is 9.22 Å². The van der Waals surface area contributed by atoms with Gasteiger partial charge in [-0.15, -0.1) is 22.7 Å². The molecule has 0 spiro atoms. The molecular weight excluding hydrogens is 360 g/mol. The molecule has 0 fully saturated rings. The van der Waals surface area contributed by atoms with Gasteiger partial charge in [0, 0.05) is 23.4 Å². The molecule has 3 aromatic rings. The maximum Gasteiger partial charge on any atom is 0.252 e. The largest absolute Gasteiger partial charge is 0.252 e. The van der Waals surface area contributed by atoms with E-state index < -0.39 is 10.0 Å². The Balaban J connectivity index is 1.63. The van der Waals surface area contributed by atoms with Crippen LogP contribution in [0.15, 0.2) is 46.0 Å². The number of sulfonamides is 1. The third-order valence-electron chi connectivity index (χ3n) is 4.08. The van der Waals surface area contributed by atoms with Crippen molar-refractivity contribution in [1.29, 1.82) is 0 Å². The number of thiophene rings is 1. The lowest BCUT2D eigenvalue weighted by molar-refractivity contribution is 0.394. The number of rotatable bonds is 3. The summed E-state index contributed by atoms with van der Waals surface area (Å²) in [6, 6.07) is 11.7. The zero-order valence-corrected chi connectivity index (χ0v) is 15.5. The lowest BCUT2D eigenvalue weighted by Gasteiger charge is -2.24. The molecule has 0 unspecified atom stereocenters. The van der Waals surface area contributed by atoms with Crippen molar-refractivity contribution in [3.05, 3.63) is 57.9 Å². The van der Waals surface area contributed by atoms with Crippen LogP contribution in [-0.2, 0) is 23.0 Å². The molecule has 0 atom stereocenters. The highest BCUT2D eigenvalue weighted by molar-refractivity contribution is 7.91. The summed E-state index contributed by atoms with van der Waals surface area (Å²) in [7, 11) is -3.39. The molecule has 24 heavy (non-hydrogen) atoms. The van der Waals surface area contributed by atoms with Crippen molar-refractivity contribution in [2.45, 2.75) is 24.1 Å². The van der Waals surface area contributed by atoms with Gasteiger partial charge in [0.05, 0.1) is 12.2 Å². The van der Waals surface area contributed by atoms with Crippen LogP contribution in [0.5, 0.6) is 0 Å². The van der Waals surface area contributed by atoms with E-state index in [9.17, 15) is 8.42 Å². The van der Waals surface area contributed by atoms with Gasteiger partial charge in [0.2, 0.25) is 0 Å². The topological polar surface area (TPSA) is 50.3 Å². The Bertz CT molecular complexity index is 958. The van der Waals surface area contributed by atoms with Crippen molar-refractivity contribution in [2.24, 2.45) is 0 Å². The summed E-state index contributed by atoms with van der Waals surface area (Å²) in [6.07, 6.45) is 0.669. The van der Waals surface area contributed by atoms with Crippen LogP contribution in [0.1, 0.15) is 16.1 Å². The summed E-state index contributed by atoms with van der Waals surface area (Å²) in [5.74, 6) is 0. The fourth-order valence-corrected chi connectivity index (χ4v) is 6.50. The van der Waals surface area contributed by atoms with Gasteiger partial charge < -0.3 is 0 Å². The number of hydrogen-bond donors (Lipinski definition) is 0. The van der Waals surface area contributed by atoms with Crippen LogP contribution < -0.4 is 0 Å². The van der Waals surface area contributed by atoms with Crippen LogP contribution in [0.25, 0.3) is 10.6 Å². The zero-order valence-electron chi connectivity index (χ0n) is 13.1. The smallest absolute Gasteiger partial charge is 0.241 e. The van der Waals surface area contributed by atoms with Crippen molar-refractivity contribution in [3.8, 4) is 10.6 Å². The number of nitrogens with zero attached hydrogens (tertiary/aromatic N) is 2. The Morgan fingerprint density at radius 1 is 1.17 bits per heavy atom. The second-order valence-electron chi connectivity index (χ2n) is 5.78. The zero-order chi connectivity index (χ0) is 16.7. The minimum absolute atomic E-state index is 0.411. The van der Waals surface area contributed by atoms with E-state index >= 15 is 0 Å². The number of thiazole rings is 1.